The van der Waals surface area contributed by atoms with Crippen molar-refractivity contribution in [3.05, 3.63) is 28.5 Å². The Hall–Kier alpha value is -1.29. The van der Waals surface area contributed by atoms with Gasteiger partial charge in [-0.05, 0) is 30.5 Å². The lowest BCUT2D eigenvalue weighted by Gasteiger charge is -2.38. The first-order chi connectivity index (χ1) is 7.47. The van der Waals surface area contributed by atoms with Gasteiger partial charge in [0.15, 0.2) is 11.6 Å². The molecule has 0 saturated heterocycles. The molecule has 1 aliphatic carbocycles. The van der Waals surface area contributed by atoms with Crippen molar-refractivity contribution in [3.63, 3.8) is 0 Å². The summed E-state index contributed by atoms with van der Waals surface area (Å²) in [5.74, 6) is -2.49. The van der Waals surface area contributed by atoms with Crippen molar-refractivity contribution in [1.82, 2.24) is 0 Å². The van der Waals surface area contributed by atoms with Crippen LogP contribution in [0, 0.1) is 5.82 Å². The normalized spacial score (nSPS) is 17.9. The summed E-state index contributed by atoms with van der Waals surface area (Å²) in [7, 11) is 0. The first-order valence-corrected chi connectivity index (χ1v) is 5.27. The number of aliphatic carboxylic acids is 1. The van der Waals surface area contributed by atoms with Crippen LogP contribution in [0.2, 0.25) is 5.02 Å². The Morgan fingerprint density at radius 1 is 1.44 bits per heavy atom. The number of hydrogen-bond donors (Lipinski definition) is 2. The third-order valence-electron chi connectivity index (χ3n) is 3.19. The zero-order valence-corrected chi connectivity index (χ0v) is 9.09. The smallest absolute Gasteiger partial charge is 0.314 e. The number of halogens is 2. The van der Waals surface area contributed by atoms with Crippen molar-refractivity contribution in [3.8, 4) is 5.75 Å². The van der Waals surface area contributed by atoms with E-state index >= 15 is 0 Å². The topological polar surface area (TPSA) is 57.5 Å². The molecule has 1 aromatic carbocycles. The first kappa shape index (κ1) is 11.2. The van der Waals surface area contributed by atoms with E-state index in [1.165, 1.54) is 6.07 Å². The summed E-state index contributed by atoms with van der Waals surface area (Å²) in [6.07, 6.45) is 1.75. The maximum Gasteiger partial charge on any atom is 0.314 e. The summed E-state index contributed by atoms with van der Waals surface area (Å²) in [5.41, 5.74) is -0.704. The van der Waals surface area contributed by atoms with Gasteiger partial charge < -0.3 is 10.2 Å². The quantitative estimate of drug-likeness (QED) is 0.841. The number of carbonyl (C=O) groups is 1. The maximum absolute atomic E-state index is 13.3. The van der Waals surface area contributed by atoms with Gasteiger partial charge in [0, 0.05) is 0 Å². The van der Waals surface area contributed by atoms with Gasteiger partial charge in [0.05, 0.1) is 10.4 Å². The van der Waals surface area contributed by atoms with Gasteiger partial charge in [-0.1, -0.05) is 18.0 Å². The third kappa shape index (κ3) is 1.45. The standard InChI is InChI=1S/C11H10ClFO3/c12-7-4-6(5-8(13)9(7)14)11(10(15)16)2-1-3-11/h4-5,14H,1-3H2,(H,15,16). The van der Waals surface area contributed by atoms with Gasteiger partial charge in [0.2, 0.25) is 0 Å². The minimum Gasteiger partial charge on any atom is -0.504 e. The van der Waals surface area contributed by atoms with E-state index in [0.717, 1.165) is 12.5 Å². The minimum atomic E-state index is -1.03. The van der Waals surface area contributed by atoms with Gasteiger partial charge in [-0.3, -0.25) is 4.79 Å². The highest BCUT2D eigenvalue weighted by molar-refractivity contribution is 6.32. The number of rotatable bonds is 2. The van der Waals surface area contributed by atoms with Crippen LogP contribution >= 0.6 is 11.6 Å². The lowest BCUT2D eigenvalue weighted by atomic mass is 9.64. The lowest BCUT2D eigenvalue weighted by Crippen LogP contribution is -2.42. The summed E-state index contributed by atoms with van der Waals surface area (Å²) in [5, 5.41) is 18.2. The van der Waals surface area contributed by atoms with Gasteiger partial charge in [-0.15, -0.1) is 0 Å². The fourth-order valence-electron chi connectivity index (χ4n) is 2.00. The molecule has 1 aliphatic rings. The van der Waals surface area contributed by atoms with E-state index < -0.39 is 23.0 Å². The molecule has 0 atom stereocenters. The van der Waals surface area contributed by atoms with E-state index in [4.69, 9.17) is 16.7 Å². The third-order valence-corrected chi connectivity index (χ3v) is 3.47. The van der Waals surface area contributed by atoms with Crippen LogP contribution in [0.25, 0.3) is 0 Å². The number of phenolic OH excluding ortho intramolecular Hbond substituents is 1. The zero-order valence-electron chi connectivity index (χ0n) is 8.33. The van der Waals surface area contributed by atoms with Gasteiger partial charge in [-0.2, -0.15) is 0 Å². The van der Waals surface area contributed by atoms with E-state index in [1.807, 2.05) is 0 Å². The number of benzene rings is 1. The van der Waals surface area contributed by atoms with Gasteiger partial charge in [-0.25, -0.2) is 4.39 Å². The number of phenols is 1. The Labute approximate surface area is 96.5 Å². The molecule has 2 N–H and O–H groups in total. The predicted octanol–water partition coefficient (Wildman–Crippen LogP) is 2.69. The molecule has 1 saturated carbocycles. The number of aromatic hydroxyl groups is 1. The average Bonchev–Trinajstić information content (AvgIpc) is 2.11. The molecular formula is C11H10ClFO3. The van der Waals surface area contributed by atoms with Crippen LogP contribution in [0.3, 0.4) is 0 Å². The van der Waals surface area contributed by atoms with E-state index in [-0.39, 0.29) is 5.02 Å². The lowest BCUT2D eigenvalue weighted by molar-refractivity contribution is -0.147. The first-order valence-electron chi connectivity index (χ1n) is 4.89. The monoisotopic (exact) mass is 244 g/mol. The summed E-state index contributed by atoms with van der Waals surface area (Å²) >= 11 is 5.63. The van der Waals surface area contributed by atoms with Crippen molar-refractivity contribution in [2.24, 2.45) is 0 Å². The molecular weight excluding hydrogens is 235 g/mol. The SMILES string of the molecule is O=C(O)C1(c2cc(F)c(O)c(Cl)c2)CCC1. The molecule has 0 amide bonds. The molecule has 0 spiro atoms. The van der Waals surface area contributed by atoms with E-state index in [0.29, 0.717) is 18.4 Å². The van der Waals surface area contributed by atoms with Gasteiger partial charge in [0.25, 0.3) is 0 Å². The molecule has 0 bridgehead atoms. The summed E-state index contributed by atoms with van der Waals surface area (Å²) in [6, 6.07) is 2.38. The van der Waals surface area contributed by atoms with Crippen LogP contribution in [0.15, 0.2) is 12.1 Å². The van der Waals surface area contributed by atoms with Crippen LogP contribution in [0.1, 0.15) is 24.8 Å². The molecule has 3 nitrogen and oxygen atoms in total. The van der Waals surface area contributed by atoms with Crippen LogP contribution in [0.4, 0.5) is 4.39 Å². The predicted molar refractivity (Wildman–Crippen MR) is 56.2 cm³/mol. The van der Waals surface area contributed by atoms with Crippen LogP contribution < -0.4 is 0 Å². The summed E-state index contributed by atoms with van der Waals surface area (Å²) in [4.78, 5) is 11.2. The highest BCUT2D eigenvalue weighted by Crippen LogP contribution is 2.46. The molecule has 1 aromatic rings. The molecule has 0 aromatic heterocycles. The zero-order chi connectivity index (χ0) is 11.9. The van der Waals surface area contributed by atoms with Crippen molar-refractivity contribution in [1.29, 1.82) is 0 Å². The van der Waals surface area contributed by atoms with Crippen molar-refractivity contribution >= 4 is 17.6 Å². The van der Waals surface area contributed by atoms with Crippen LogP contribution in [-0.4, -0.2) is 16.2 Å². The molecule has 0 aliphatic heterocycles. The van der Waals surface area contributed by atoms with E-state index in [9.17, 15) is 14.3 Å². The fourth-order valence-corrected chi connectivity index (χ4v) is 2.21. The highest BCUT2D eigenvalue weighted by atomic mass is 35.5. The van der Waals surface area contributed by atoms with Crippen molar-refractivity contribution < 1.29 is 19.4 Å². The average molecular weight is 245 g/mol. The molecule has 0 heterocycles. The maximum atomic E-state index is 13.3. The largest absolute Gasteiger partial charge is 0.504 e. The molecule has 16 heavy (non-hydrogen) atoms. The van der Waals surface area contributed by atoms with Crippen LogP contribution in [0.5, 0.6) is 5.75 Å². The van der Waals surface area contributed by atoms with Gasteiger partial charge in [0.1, 0.15) is 0 Å². The minimum absolute atomic E-state index is 0.150. The van der Waals surface area contributed by atoms with Crippen LogP contribution in [-0.2, 0) is 10.2 Å². The van der Waals surface area contributed by atoms with Crippen molar-refractivity contribution in [2.75, 3.05) is 0 Å². The van der Waals surface area contributed by atoms with E-state index in [1.54, 1.807) is 0 Å². The molecule has 0 radical (unpaired) electrons. The molecule has 5 heteroatoms. The number of carboxylic acids is 1. The second kappa shape index (κ2) is 3.63. The Bertz CT molecular complexity index is 432. The number of carboxylic acid groups (broad SMARTS) is 1. The summed E-state index contributed by atoms with van der Waals surface area (Å²) < 4.78 is 13.3. The Morgan fingerprint density at radius 2 is 2.06 bits per heavy atom. The number of hydrogen-bond acceptors (Lipinski definition) is 2. The van der Waals surface area contributed by atoms with Gasteiger partial charge >= 0.3 is 5.97 Å². The highest BCUT2D eigenvalue weighted by Gasteiger charge is 2.46. The summed E-state index contributed by atoms with van der Waals surface area (Å²) in [6.45, 7) is 0. The van der Waals surface area contributed by atoms with E-state index in [2.05, 4.69) is 0 Å². The molecule has 0 unspecified atom stereocenters. The fraction of sp³-hybridized carbons (Fsp3) is 0.364. The Kier molecular flexibility index (Phi) is 2.54. The molecule has 86 valence electrons. The molecule has 1 fully saturated rings. The second-order valence-corrected chi connectivity index (χ2v) is 4.44. The van der Waals surface area contributed by atoms with Crippen molar-refractivity contribution in [2.45, 2.75) is 24.7 Å². The molecule has 2 rings (SSSR count). The second-order valence-electron chi connectivity index (χ2n) is 4.03. The Balaban J connectivity index is 2.52. The Morgan fingerprint density at radius 3 is 2.44 bits per heavy atom.